The number of amides is 2. The summed E-state index contributed by atoms with van der Waals surface area (Å²) >= 11 is 5.89. The zero-order chi connectivity index (χ0) is 24.6. The Morgan fingerprint density at radius 1 is 1.09 bits per heavy atom. The second-order valence-corrected chi connectivity index (χ2v) is 8.73. The maximum atomic E-state index is 14.8. The highest BCUT2D eigenvalue weighted by Gasteiger charge is 2.56. The summed E-state index contributed by atoms with van der Waals surface area (Å²) in [6.45, 7) is 0. The Bertz CT molecular complexity index is 1400. The number of halogens is 3. The van der Waals surface area contributed by atoms with E-state index in [0.29, 0.717) is 35.2 Å². The fraction of sp³-hybridized carbons (Fsp3) is 0.200. The lowest BCUT2D eigenvalue weighted by atomic mass is 10.0. The van der Waals surface area contributed by atoms with Crippen LogP contribution in [0.2, 0.25) is 5.15 Å². The number of hydrogen-bond donors (Lipinski definition) is 2. The van der Waals surface area contributed by atoms with Gasteiger partial charge in [0.15, 0.2) is 11.6 Å². The maximum Gasteiger partial charge on any atom is 0.240 e. The molecule has 2 aliphatic carbocycles. The number of hydrogen-bond acceptors (Lipinski definition) is 5. The monoisotopic (exact) mass is 496 g/mol. The van der Waals surface area contributed by atoms with Crippen LogP contribution in [0.5, 0.6) is 11.5 Å². The number of alkyl halides is 1. The van der Waals surface area contributed by atoms with Gasteiger partial charge in [0, 0.05) is 42.3 Å². The minimum Gasteiger partial charge on any atom is -0.453 e. The molecule has 1 atom stereocenters. The van der Waals surface area contributed by atoms with Crippen molar-refractivity contribution in [3.05, 3.63) is 77.6 Å². The molecule has 0 spiro atoms. The van der Waals surface area contributed by atoms with Gasteiger partial charge in [0.25, 0.3) is 0 Å². The van der Waals surface area contributed by atoms with E-state index in [-0.39, 0.29) is 23.0 Å². The summed E-state index contributed by atoms with van der Waals surface area (Å²) in [5, 5.41) is 6.11. The molecule has 2 amide bonds. The summed E-state index contributed by atoms with van der Waals surface area (Å²) in [6, 6.07) is 7.13. The Morgan fingerprint density at radius 2 is 1.89 bits per heavy atom. The highest BCUT2D eigenvalue weighted by molar-refractivity contribution is 6.30. The summed E-state index contributed by atoms with van der Waals surface area (Å²) in [7, 11) is 0. The molecule has 1 unspecified atom stereocenters. The van der Waals surface area contributed by atoms with Crippen molar-refractivity contribution < 1.29 is 23.1 Å². The third kappa shape index (κ3) is 4.72. The number of anilines is 1. The fourth-order valence-corrected chi connectivity index (χ4v) is 3.88. The van der Waals surface area contributed by atoms with Gasteiger partial charge in [-0.15, -0.1) is 0 Å². The molecular weight excluding hydrogens is 478 g/mol. The second-order valence-electron chi connectivity index (χ2n) is 8.34. The molecule has 7 nitrogen and oxygen atoms in total. The van der Waals surface area contributed by atoms with E-state index in [0.717, 1.165) is 6.07 Å². The van der Waals surface area contributed by atoms with Crippen molar-refractivity contribution >= 4 is 40.0 Å². The molecule has 0 bridgehead atoms. The van der Waals surface area contributed by atoms with Crippen LogP contribution >= 0.6 is 11.6 Å². The summed E-state index contributed by atoms with van der Waals surface area (Å²) in [6.07, 6.45) is 7.21. The van der Waals surface area contributed by atoms with E-state index in [1.54, 1.807) is 18.2 Å². The topological polar surface area (TPSA) is 93.2 Å². The Kier molecular flexibility index (Phi) is 5.94. The minimum absolute atomic E-state index is 0.0634. The lowest BCUT2D eigenvalue weighted by Gasteiger charge is -2.18. The van der Waals surface area contributed by atoms with Crippen LogP contribution in [0.4, 0.5) is 14.5 Å². The highest BCUT2D eigenvalue weighted by Crippen LogP contribution is 2.47. The van der Waals surface area contributed by atoms with E-state index in [2.05, 4.69) is 20.6 Å². The Hall–Kier alpha value is -3.85. The van der Waals surface area contributed by atoms with E-state index >= 15 is 0 Å². The van der Waals surface area contributed by atoms with Crippen LogP contribution in [-0.2, 0) is 9.59 Å². The van der Waals surface area contributed by atoms with Crippen LogP contribution in [0.3, 0.4) is 0 Å². The molecule has 1 fully saturated rings. The quantitative estimate of drug-likeness (QED) is 0.360. The van der Waals surface area contributed by atoms with Gasteiger partial charge in [-0.25, -0.2) is 13.8 Å². The number of nitrogens with zero attached hydrogens (tertiary/aromatic N) is 2. The Morgan fingerprint density at radius 3 is 2.60 bits per heavy atom. The molecule has 35 heavy (non-hydrogen) atoms. The first-order valence-electron chi connectivity index (χ1n) is 10.9. The lowest BCUT2D eigenvalue weighted by Crippen LogP contribution is -2.39. The molecule has 2 aromatic heterocycles. The normalized spacial score (nSPS) is 18.0. The van der Waals surface area contributed by atoms with Crippen LogP contribution in [0, 0.1) is 11.2 Å². The third-order valence-electron chi connectivity index (χ3n) is 5.89. The molecule has 2 aliphatic rings. The van der Waals surface area contributed by atoms with Crippen LogP contribution in [0.1, 0.15) is 19.3 Å². The molecule has 0 radical (unpaired) electrons. The van der Waals surface area contributed by atoms with Gasteiger partial charge in [0.05, 0.1) is 10.9 Å². The molecule has 1 aromatic carbocycles. The fourth-order valence-electron chi connectivity index (χ4n) is 3.73. The van der Waals surface area contributed by atoms with Gasteiger partial charge in [0.1, 0.15) is 22.5 Å². The first kappa shape index (κ1) is 22.9. The Balaban J connectivity index is 1.27. The molecule has 2 heterocycles. The van der Waals surface area contributed by atoms with E-state index in [4.69, 9.17) is 16.3 Å². The number of benzene rings is 1. The molecule has 0 aliphatic heterocycles. The van der Waals surface area contributed by atoms with Crippen LogP contribution in [0.15, 0.2) is 66.7 Å². The summed E-state index contributed by atoms with van der Waals surface area (Å²) in [4.78, 5) is 33.8. The van der Waals surface area contributed by atoms with Crippen molar-refractivity contribution in [1.29, 1.82) is 0 Å². The molecule has 178 valence electrons. The SMILES string of the molecule is O=C(NC1=CCC(F)C=C1)C1(C(=O)Nc2ccc(Oc3ccnc4cc(Cl)ncc34)c(F)c2)CC1. The predicted molar refractivity (Wildman–Crippen MR) is 126 cm³/mol. The number of nitrogens with one attached hydrogen (secondary N) is 2. The number of aromatic nitrogens is 2. The molecule has 1 saturated carbocycles. The van der Waals surface area contributed by atoms with Gasteiger partial charge in [-0.2, -0.15) is 0 Å². The van der Waals surface area contributed by atoms with Gasteiger partial charge in [-0.3, -0.25) is 14.6 Å². The molecule has 3 aromatic rings. The number of carbonyl (C=O) groups is 2. The number of ether oxygens (including phenoxy) is 1. The van der Waals surface area contributed by atoms with Crippen molar-refractivity contribution in [1.82, 2.24) is 15.3 Å². The molecule has 2 N–H and O–H groups in total. The Labute approximate surface area is 203 Å². The van der Waals surface area contributed by atoms with Gasteiger partial charge >= 0.3 is 0 Å². The molecular formula is C25H19ClF2N4O3. The molecule has 10 heteroatoms. The van der Waals surface area contributed by atoms with Gasteiger partial charge in [-0.05, 0) is 43.2 Å². The summed E-state index contributed by atoms with van der Waals surface area (Å²) in [5.74, 6) is -1.43. The van der Waals surface area contributed by atoms with Crippen molar-refractivity contribution in [3.8, 4) is 11.5 Å². The van der Waals surface area contributed by atoms with Gasteiger partial charge in [-0.1, -0.05) is 17.7 Å². The van der Waals surface area contributed by atoms with Gasteiger partial charge < -0.3 is 15.4 Å². The van der Waals surface area contributed by atoms with Gasteiger partial charge in [0.2, 0.25) is 11.8 Å². The average Bonchev–Trinajstić information content (AvgIpc) is 3.65. The van der Waals surface area contributed by atoms with Crippen LogP contribution < -0.4 is 15.4 Å². The van der Waals surface area contributed by atoms with Crippen molar-refractivity contribution in [2.45, 2.75) is 25.4 Å². The smallest absolute Gasteiger partial charge is 0.240 e. The summed E-state index contributed by atoms with van der Waals surface area (Å²) in [5.41, 5.74) is -0.0543. The van der Waals surface area contributed by atoms with Crippen molar-refractivity contribution in [2.24, 2.45) is 5.41 Å². The maximum absolute atomic E-state index is 14.8. The number of fused-ring (bicyclic) bond motifs is 1. The lowest BCUT2D eigenvalue weighted by molar-refractivity contribution is -0.133. The summed E-state index contributed by atoms with van der Waals surface area (Å²) < 4.78 is 33.7. The zero-order valence-corrected chi connectivity index (χ0v) is 19.0. The predicted octanol–water partition coefficient (Wildman–Crippen LogP) is 5.23. The first-order valence-corrected chi connectivity index (χ1v) is 11.2. The second kappa shape index (κ2) is 9.07. The van der Waals surface area contributed by atoms with E-state index in [9.17, 15) is 18.4 Å². The van der Waals surface area contributed by atoms with E-state index in [1.807, 2.05) is 0 Å². The third-order valence-corrected chi connectivity index (χ3v) is 6.09. The van der Waals surface area contributed by atoms with E-state index < -0.39 is 29.2 Å². The van der Waals surface area contributed by atoms with Crippen LogP contribution in [-0.4, -0.2) is 28.0 Å². The van der Waals surface area contributed by atoms with Crippen molar-refractivity contribution in [2.75, 3.05) is 5.32 Å². The minimum atomic E-state index is -1.24. The average molecular weight is 497 g/mol. The largest absolute Gasteiger partial charge is 0.453 e. The number of allylic oxidation sites excluding steroid dienone is 3. The number of pyridine rings is 2. The zero-order valence-electron chi connectivity index (χ0n) is 18.2. The standard InChI is InChI=1S/C25H19ClF2N4O3/c26-22-12-19-17(13-30-22)20(7-10-29-19)35-21-6-5-16(11-18(21)28)32-24(34)25(8-9-25)23(33)31-15-3-1-14(27)2-4-15/h1,3-7,10-14H,2,8-9H2,(H,31,33)(H,32,34). The number of carbonyl (C=O) groups excluding carboxylic acids is 2. The first-order chi connectivity index (χ1) is 16.8. The number of rotatable bonds is 6. The van der Waals surface area contributed by atoms with Crippen molar-refractivity contribution in [3.63, 3.8) is 0 Å². The van der Waals surface area contributed by atoms with E-state index in [1.165, 1.54) is 36.7 Å². The van der Waals surface area contributed by atoms with Crippen LogP contribution in [0.25, 0.3) is 10.9 Å². The highest BCUT2D eigenvalue weighted by atomic mass is 35.5. The molecule has 5 rings (SSSR count). The molecule has 0 saturated heterocycles.